The average Bonchev–Trinajstić information content (AvgIpc) is 2.90. The van der Waals surface area contributed by atoms with Crippen molar-refractivity contribution in [3.63, 3.8) is 0 Å². The number of carbonyl (C=O) groups excluding carboxylic acids is 3. The van der Waals surface area contributed by atoms with Crippen LogP contribution in [0.4, 0.5) is 5.69 Å². The van der Waals surface area contributed by atoms with Gasteiger partial charge in [-0.1, -0.05) is 15.9 Å². The van der Waals surface area contributed by atoms with Crippen molar-refractivity contribution >= 4 is 39.3 Å². The van der Waals surface area contributed by atoms with E-state index in [2.05, 4.69) is 26.1 Å². The van der Waals surface area contributed by atoms with Gasteiger partial charge in [0.1, 0.15) is 5.92 Å². The third-order valence-corrected chi connectivity index (χ3v) is 5.04. The van der Waals surface area contributed by atoms with E-state index in [0.717, 1.165) is 13.1 Å². The maximum absolute atomic E-state index is 12.7. The molecule has 8 nitrogen and oxygen atoms in total. The number of piperazine rings is 1. The van der Waals surface area contributed by atoms with Gasteiger partial charge in [0.2, 0.25) is 5.91 Å². The number of amides is 3. The molecular weight excluding hydrogens is 378 g/mol. The maximum Gasteiger partial charge on any atom is 0.254 e. The minimum Gasteiger partial charge on any atom is -0.336 e. The van der Waals surface area contributed by atoms with E-state index in [1.165, 1.54) is 0 Å². The normalized spacial score (nSPS) is 20.5. The third-order valence-electron chi connectivity index (χ3n) is 4.38. The van der Waals surface area contributed by atoms with Crippen molar-refractivity contribution in [3.8, 4) is 0 Å². The molecule has 0 aromatic heterocycles. The Morgan fingerprint density at radius 3 is 2.58 bits per heavy atom. The highest BCUT2D eigenvalue weighted by Crippen LogP contribution is 2.39. The van der Waals surface area contributed by atoms with Gasteiger partial charge in [-0.3, -0.25) is 19.8 Å². The monoisotopic (exact) mass is 395 g/mol. The van der Waals surface area contributed by atoms with E-state index < -0.39 is 17.7 Å². The summed E-state index contributed by atoms with van der Waals surface area (Å²) in [6.45, 7) is 2.98. The van der Waals surface area contributed by atoms with Crippen LogP contribution < -0.4 is 16.6 Å². The highest BCUT2D eigenvalue weighted by atomic mass is 79.9. The molecule has 128 valence electrons. The molecule has 1 aromatic rings. The summed E-state index contributed by atoms with van der Waals surface area (Å²) in [6, 6.07) is 3.26. The zero-order valence-electron chi connectivity index (χ0n) is 13.1. The smallest absolute Gasteiger partial charge is 0.254 e. The first-order valence-corrected chi connectivity index (χ1v) is 8.34. The molecule has 0 spiro atoms. The van der Waals surface area contributed by atoms with E-state index in [0.29, 0.717) is 34.4 Å². The number of halogens is 1. The number of hydrogen-bond donors (Lipinski definition) is 3. The van der Waals surface area contributed by atoms with E-state index in [4.69, 9.17) is 5.84 Å². The first-order valence-electron chi connectivity index (χ1n) is 7.55. The van der Waals surface area contributed by atoms with Crippen LogP contribution >= 0.6 is 15.9 Å². The fourth-order valence-corrected chi connectivity index (χ4v) is 3.69. The van der Waals surface area contributed by atoms with E-state index >= 15 is 0 Å². The SMILES string of the molecule is CN1CCN(C(=O)c2cc(Br)c3c(c2)NC(=O)C3C(=O)NN)CC1. The van der Waals surface area contributed by atoms with Gasteiger partial charge in [0.15, 0.2) is 0 Å². The van der Waals surface area contributed by atoms with Crippen LogP contribution in [0.2, 0.25) is 0 Å². The molecular formula is C15H18BrN5O3. The van der Waals surface area contributed by atoms with Gasteiger partial charge in [0.05, 0.1) is 0 Å². The summed E-state index contributed by atoms with van der Waals surface area (Å²) in [4.78, 5) is 40.5. The van der Waals surface area contributed by atoms with Crippen LogP contribution in [-0.4, -0.2) is 60.7 Å². The van der Waals surface area contributed by atoms with E-state index in [1.54, 1.807) is 17.0 Å². The molecule has 3 rings (SSSR count). The number of hydrogen-bond acceptors (Lipinski definition) is 5. The standard InChI is InChI=1S/C15H18BrN5O3/c1-20-2-4-21(5-3-20)15(24)8-6-9(16)11-10(7-8)18-13(22)12(11)14(23)19-17/h6-7,12H,2-5,17H2,1H3,(H,18,22)(H,19,23). The number of fused-ring (bicyclic) bond motifs is 1. The number of benzene rings is 1. The number of carbonyl (C=O) groups is 3. The molecule has 24 heavy (non-hydrogen) atoms. The average molecular weight is 396 g/mol. The van der Waals surface area contributed by atoms with Crippen LogP contribution in [-0.2, 0) is 9.59 Å². The predicted octanol–water partition coefficient (Wildman–Crippen LogP) is -0.138. The lowest BCUT2D eigenvalue weighted by Gasteiger charge is -2.32. The van der Waals surface area contributed by atoms with Crippen LogP contribution in [0.25, 0.3) is 0 Å². The molecule has 3 amide bonds. The van der Waals surface area contributed by atoms with Crippen LogP contribution in [0.3, 0.4) is 0 Å². The Kier molecular flexibility index (Phi) is 4.57. The number of likely N-dealkylation sites (N-methyl/N-ethyl adjacent to an activating group) is 1. The summed E-state index contributed by atoms with van der Waals surface area (Å²) < 4.78 is 0.532. The van der Waals surface area contributed by atoms with Crippen LogP contribution in [0.1, 0.15) is 21.8 Å². The molecule has 1 unspecified atom stereocenters. The summed E-state index contributed by atoms with van der Waals surface area (Å²) in [7, 11) is 2.02. The lowest BCUT2D eigenvalue weighted by Crippen LogP contribution is -2.47. The molecule has 2 heterocycles. The topological polar surface area (TPSA) is 108 Å². The number of nitrogens with two attached hydrogens (primary N) is 1. The summed E-state index contributed by atoms with van der Waals surface area (Å²) in [5.41, 5.74) is 3.43. The van der Waals surface area contributed by atoms with Crippen molar-refractivity contribution in [1.29, 1.82) is 0 Å². The van der Waals surface area contributed by atoms with Crippen molar-refractivity contribution in [2.75, 3.05) is 38.5 Å². The number of nitrogens with one attached hydrogen (secondary N) is 2. The molecule has 0 saturated carbocycles. The van der Waals surface area contributed by atoms with Crippen molar-refractivity contribution < 1.29 is 14.4 Å². The van der Waals surface area contributed by atoms with Gasteiger partial charge in [0.25, 0.3) is 11.8 Å². The van der Waals surface area contributed by atoms with Gasteiger partial charge in [0, 0.05) is 47.5 Å². The second-order valence-corrected chi connectivity index (χ2v) is 6.80. The Bertz CT molecular complexity index is 715. The molecule has 1 saturated heterocycles. The molecule has 2 aliphatic rings. The molecule has 4 N–H and O–H groups in total. The highest BCUT2D eigenvalue weighted by molar-refractivity contribution is 9.10. The molecule has 1 aromatic carbocycles. The predicted molar refractivity (Wildman–Crippen MR) is 91.2 cm³/mol. The van der Waals surface area contributed by atoms with Crippen molar-refractivity contribution in [3.05, 3.63) is 27.7 Å². The molecule has 0 aliphatic carbocycles. The second kappa shape index (κ2) is 6.50. The second-order valence-electron chi connectivity index (χ2n) is 5.95. The summed E-state index contributed by atoms with van der Waals surface area (Å²) in [6.07, 6.45) is 0. The van der Waals surface area contributed by atoms with Gasteiger partial charge in [-0.15, -0.1) is 0 Å². The quantitative estimate of drug-likeness (QED) is 0.279. The largest absolute Gasteiger partial charge is 0.336 e. The van der Waals surface area contributed by atoms with E-state index in [-0.39, 0.29) is 5.91 Å². The summed E-state index contributed by atoms with van der Waals surface area (Å²) in [5, 5.41) is 2.64. The first kappa shape index (κ1) is 16.9. The number of nitrogens with zero attached hydrogens (tertiary/aromatic N) is 2. The van der Waals surface area contributed by atoms with Gasteiger partial charge < -0.3 is 15.1 Å². The lowest BCUT2D eigenvalue weighted by atomic mass is 9.98. The minimum absolute atomic E-state index is 0.0902. The number of hydrazine groups is 1. The van der Waals surface area contributed by atoms with E-state index in [1.807, 2.05) is 12.5 Å². The first-order chi connectivity index (χ1) is 11.4. The maximum atomic E-state index is 12.7. The van der Waals surface area contributed by atoms with Crippen LogP contribution in [0.5, 0.6) is 0 Å². The van der Waals surface area contributed by atoms with Gasteiger partial charge in [-0.05, 0) is 19.2 Å². The minimum atomic E-state index is -1.02. The Labute approximate surface area is 147 Å². The highest BCUT2D eigenvalue weighted by Gasteiger charge is 2.38. The van der Waals surface area contributed by atoms with Crippen LogP contribution in [0, 0.1) is 0 Å². The molecule has 9 heteroatoms. The molecule has 0 bridgehead atoms. The Morgan fingerprint density at radius 2 is 1.96 bits per heavy atom. The molecule has 2 aliphatic heterocycles. The zero-order valence-corrected chi connectivity index (χ0v) is 14.7. The van der Waals surface area contributed by atoms with Crippen LogP contribution in [0.15, 0.2) is 16.6 Å². The number of anilines is 1. The zero-order chi connectivity index (χ0) is 17.4. The fraction of sp³-hybridized carbons (Fsp3) is 0.400. The van der Waals surface area contributed by atoms with Crippen molar-refractivity contribution in [1.82, 2.24) is 15.2 Å². The molecule has 1 fully saturated rings. The van der Waals surface area contributed by atoms with Gasteiger partial charge >= 0.3 is 0 Å². The summed E-state index contributed by atoms with van der Waals surface area (Å²) in [5.74, 6) is 2.98. The molecule has 1 atom stereocenters. The van der Waals surface area contributed by atoms with Crippen molar-refractivity contribution in [2.24, 2.45) is 5.84 Å². The Morgan fingerprint density at radius 1 is 1.29 bits per heavy atom. The van der Waals surface area contributed by atoms with Gasteiger partial charge in [-0.25, -0.2) is 5.84 Å². The summed E-state index contributed by atoms with van der Waals surface area (Å²) >= 11 is 3.37. The van der Waals surface area contributed by atoms with E-state index in [9.17, 15) is 14.4 Å². The Balaban J connectivity index is 1.90. The molecule has 0 radical (unpaired) electrons. The van der Waals surface area contributed by atoms with Crippen molar-refractivity contribution in [2.45, 2.75) is 5.92 Å². The lowest BCUT2D eigenvalue weighted by molar-refractivity contribution is -0.128. The fourth-order valence-electron chi connectivity index (χ4n) is 3.00. The third kappa shape index (κ3) is 2.90. The number of rotatable bonds is 2. The Hall–Kier alpha value is -1.97. The van der Waals surface area contributed by atoms with Gasteiger partial charge in [-0.2, -0.15) is 0 Å².